The second-order valence-electron chi connectivity index (χ2n) is 5.33. The molecule has 3 rings (SSSR count). The number of esters is 1. The fourth-order valence-electron chi connectivity index (χ4n) is 2.45. The fraction of sp³-hybridized carbons (Fsp3) is 0. The summed E-state index contributed by atoms with van der Waals surface area (Å²) >= 11 is 0. The van der Waals surface area contributed by atoms with Crippen molar-refractivity contribution < 1.29 is 22.5 Å². The van der Waals surface area contributed by atoms with Crippen LogP contribution >= 0.6 is 0 Å². The van der Waals surface area contributed by atoms with E-state index in [1.807, 2.05) is 18.2 Å². The Morgan fingerprint density at radius 3 is 2.40 bits per heavy atom. The Bertz CT molecular complexity index is 1080. The van der Waals surface area contributed by atoms with Gasteiger partial charge in [-0.05, 0) is 46.7 Å². The minimum Gasteiger partial charge on any atom is -0.423 e. The van der Waals surface area contributed by atoms with Gasteiger partial charge in [-0.25, -0.2) is 4.79 Å². The third kappa shape index (κ3) is 3.60. The van der Waals surface area contributed by atoms with E-state index in [-0.39, 0.29) is 11.3 Å². The van der Waals surface area contributed by atoms with Crippen molar-refractivity contribution in [1.29, 1.82) is 0 Å². The molecule has 1 N–H and O–H groups in total. The standard InChI is InChI=1S/C19H14O5S/c1-2-13-7-8-15-12-16(10-9-14(15)11-13)24-19(20)17-5-3-4-6-18(17)25(21,22)23/h2-12H,1H2,(H,21,22,23). The Labute approximate surface area is 144 Å². The van der Waals surface area contributed by atoms with Crippen molar-refractivity contribution in [1.82, 2.24) is 0 Å². The summed E-state index contributed by atoms with van der Waals surface area (Å²) in [6, 6.07) is 16.1. The zero-order chi connectivity index (χ0) is 18.0. The van der Waals surface area contributed by atoms with Crippen LogP contribution in [0.4, 0.5) is 0 Å². The number of carbonyl (C=O) groups excluding carboxylic acids is 1. The van der Waals surface area contributed by atoms with Crippen molar-refractivity contribution >= 4 is 32.9 Å². The molecule has 0 heterocycles. The van der Waals surface area contributed by atoms with Crippen LogP contribution in [0.2, 0.25) is 0 Å². The molecule has 3 aromatic rings. The van der Waals surface area contributed by atoms with Crippen LogP contribution in [-0.4, -0.2) is 18.9 Å². The zero-order valence-electron chi connectivity index (χ0n) is 13.0. The van der Waals surface area contributed by atoms with Crippen molar-refractivity contribution in [2.75, 3.05) is 0 Å². The molecule has 6 heteroatoms. The van der Waals surface area contributed by atoms with E-state index in [1.54, 1.807) is 24.3 Å². The van der Waals surface area contributed by atoms with E-state index < -0.39 is 21.0 Å². The molecule has 0 bridgehead atoms. The van der Waals surface area contributed by atoms with Crippen molar-refractivity contribution in [3.63, 3.8) is 0 Å². The molecule has 3 aromatic carbocycles. The van der Waals surface area contributed by atoms with E-state index in [9.17, 15) is 17.8 Å². The Hall–Kier alpha value is -2.96. The lowest BCUT2D eigenvalue weighted by atomic mass is 10.1. The lowest BCUT2D eigenvalue weighted by molar-refractivity contribution is 0.0730. The van der Waals surface area contributed by atoms with Gasteiger partial charge in [0, 0.05) is 0 Å². The van der Waals surface area contributed by atoms with Gasteiger partial charge in [-0.1, -0.05) is 43.0 Å². The Morgan fingerprint density at radius 1 is 1.00 bits per heavy atom. The number of rotatable bonds is 4. The molecule has 0 unspecified atom stereocenters. The quantitative estimate of drug-likeness (QED) is 0.436. The molecule has 0 spiro atoms. The van der Waals surface area contributed by atoms with Crippen molar-refractivity contribution in [2.45, 2.75) is 4.90 Å². The molecule has 0 saturated heterocycles. The minimum atomic E-state index is -4.52. The second-order valence-corrected chi connectivity index (χ2v) is 6.72. The summed E-state index contributed by atoms with van der Waals surface area (Å²) in [4.78, 5) is 11.8. The lowest BCUT2D eigenvalue weighted by Crippen LogP contribution is -2.13. The van der Waals surface area contributed by atoms with Gasteiger partial charge in [0.05, 0.1) is 5.56 Å². The number of benzene rings is 3. The molecule has 0 fully saturated rings. The van der Waals surface area contributed by atoms with E-state index in [0.29, 0.717) is 0 Å². The Kier molecular flexibility index (Phi) is 4.39. The maximum atomic E-state index is 12.3. The van der Waals surface area contributed by atoms with Crippen LogP contribution < -0.4 is 4.74 Å². The highest BCUT2D eigenvalue weighted by Crippen LogP contribution is 2.24. The maximum Gasteiger partial charge on any atom is 0.344 e. The monoisotopic (exact) mass is 354 g/mol. The van der Waals surface area contributed by atoms with Crippen molar-refractivity contribution in [3.05, 3.63) is 78.4 Å². The first-order valence-electron chi connectivity index (χ1n) is 7.33. The number of hydrogen-bond donors (Lipinski definition) is 1. The predicted molar refractivity (Wildman–Crippen MR) is 95.3 cm³/mol. The van der Waals surface area contributed by atoms with Gasteiger partial charge in [0.1, 0.15) is 10.6 Å². The topological polar surface area (TPSA) is 80.7 Å². The van der Waals surface area contributed by atoms with Crippen LogP contribution in [0.5, 0.6) is 5.75 Å². The third-order valence-corrected chi connectivity index (χ3v) is 4.58. The second kappa shape index (κ2) is 6.51. The van der Waals surface area contributed by atoms with E-state index in [1.165, 1.54) is 18.2 Å². The molecule has 25 heavy (non-hydrogen) atoms. The average Bonchev–Trinajstić information content (AvgIpc) is 2.60. The highest BCUT2D eigenvalue weighted by molar-refractivity contribution is 7.86. The van der Waals surface area contributed by atoms with Crippen molar-refractivity contribution in [2.24, 2.45) is 0 Å². The Balaban J connectivity index is 1.94. The minimum absolute atomic E-state index is 0.230. The van der Waals surface area contributed by atoms with E-state index in [4.69, 9.17) is 4.74 Å². The number of ether oxygens (including phenoxy) is 1. The summed E-state index contributed by atoms with van der Waals surface area (Å²) in [5.41, 5.74) is 0.742. The van der Waals surface area contributed by atoms with Crippen LogP contribution in [-0.2, 0) is 10.1 Å². The molecule has 0 aromatic heterocycles. The molecular weight excluding hydrogens is 340 g/mol. The first kappa shape index (κ1) is 16.9. The largest absolute Gasteiger partial charge is 0.423 e. The van der Waals surface area contributed by atoms with Gasteiger partial charge in [0.15, 0.2) is 0 Å². The predicted octanol–water partition coefficient (Wildman–Crippen LogP) is 3.95. The number of carbonyl (C=O) groups is 1. The van der Waals surface area contributed by atoms with Gasteiger partial charge in [-0.2, -0.15) is 8.42 Å². The summed E-state index contributed by atoms with van der Waals surface area (Å²) in [6.07, 6.45) is 1.74. The Morgan fingerprint density at radius 2 is 1.68 bits per heavy atom. The molecule has 5 nitrogen and oxygen atoms in total. The van der Waals surface area contributed by atoms with Gasteiger partial charge in [0.2, 0.25) is 0 Å². The molecule has 0 aliphatic rings. The highest BCUT2D eigenvalue weighted by atomic mass is 32.2. The molecule has 0 saturated carbocycles. The molecule has 0 amide bonds. The van der Waals surface area contributed by atoms with E-state index in [0.717, 1.165) is 22.4 Å². The van der Waals surface area contributed by atoms with Crippen LogP contribution in [0.1, 0.15) is 15.9 Å². The van der Waals surface area contributed by atoms with Gasteiger partial charge >= 0.3 is 5.97 Å². The van der Waals surface area contributed by atoms with E-state index in [2.05, 4.69) is 6.58 Å². The maximum absolute atomic E-state index is 12.3. The molecule has 0 atom stereocenters. The molecule has 0 aliphatic carbocycles. The van der Waals surface area contributed by atoms with Gasteiger partial charge in [0.25, 0.3) is 10.1 Å². The summed E-state index contributed by atoms with van der Waals surface area (Å²) < 4.78 is 37.3. The van der Waals surface area contributed by atoms with Crippen molar-refractivity contribution in [3.8, 4) is 5.75 Å². The first-order chi connectivity index (χ1) is 11.9. The lowest BCUT2D eigenvalue weighted by Gasteiger charge is -2.08. The fourth-order valence-corrected chi connectivity index (χ4v) is 3.13. The van der Waals surface area contributed by atoms with Crippen LogP contribution in [0.3, 0.4) is 0 Å². The molecule has 0 radical (unpaired) electrons. The zero-order valence-corrected chi connectivity index (χ0v) is 13.9. The molecule has 126 valence electrons. The van der Waals surface area contributed by atoms with Crippen LogP contribution in [0.25, 0.3) is 16.8 Å². The average molecular weight is 354 g/mol. The molecular formula is C19H14O5S. The van der Waals surface area contributed by atoms with Crippen LogP contribution in [0, 0.1) is 0 Å². The highest BCUT2D eigenvalue weighted by Gasteiger charge is 2.21. The number of hydrogen-bond acceptors (Lipinski definition) is 4. The van der Waals surface area contributed by atoms with Gasteiger partial charge < -0.3 is 4.74 Å². The third-order valence-electron chi connectivity index (χ3n) is 3.67. The molecule has 0 aliphatic heterocycles. The summed E-state index contributed by atoms with van der Waals surface area (Å²) in [5, 5.41) is 1.81. The first-order valence-corrected chi connectivity index (χ1v) is 8.77. The van der Waals surface area contributed by atoms with E-state index >= 15 is 0 Å². The van der Waals surface area contributed by atoms with Gasteiger partial charge in [-0.3, -0.25) is 4.55 Å². The normalized spacial score (nSPS) is 11.2. The smallest absolute Gasteiger partial charge is 0.344 e. The summed E-state index contributed by atoms with van der Waals surface area (Å²) in [7, 11) is -4.52. The number of fused-ring (bicyclic) bond motifs is 1. The summed E-state index contributed by atoms with van der Waals surface area (Å²) in [6.45, 7) is 3.72. The SMILES string of the molecule is C=Cc1ccc2cc(OC(=O)c3ccccc3S(=O)(=O)O)ccc2c1. The van der Waals surface area contributed by atoms with Crippen LogP contribution in [0.15, 0.2) is 72.1 Å². The van der Waals surface area contributed by atoms with Gasteiger partial charge in [-0.15, -0.1) is 0 Å². The summed E-state index contributed by atoms with van der Waals surface area (Å²) in [5.74, 6) is -0.593.